The molecule has 2 rings (SSSR count). The summed E-state index contributed by atoms with van der Waals surface area (Å²) in [5.74, 6) is -0.175. The van der Waals surface area contributed by atoms with Crippen LogP contribution in [0.15, 0.2) is 34.2 Å². The molecule has 0 unspecified atom stereocenters. The molecule has 0 aliphatic rings. The first-order chi connectivity index (χ1) is 11.2. The Bertz CT molecular complexity index is 740. The number of nitrogens with zero attached hydrogens (tertiary/aromatic N) is 1. The minimum absolute atomic E-state index is 0.175. The molecule has 1 heterocycles. The topological polar surface area (TPSA) is 80.3 Å². The third-order valence-electron chi connectivity index (χ3n) is 2.66. The molecule has 2 aromatic rings. The first-order valence-corrected chi connectivity index (χ1v) is 8.82. The van der Waals surface area contributed by atoms with Gasteiger partial charge < -0.3 is 10.1 Å². The van der Waals surface area contributed by atoms with E-state index in [1.54, 1.807) is 45.2 Å². The van der Waals surface area contributed by atoms with Gasteiger partial charge in [-0.1, -0.05) is 23.5 Å². The normalized spacial score (nSPS) is 11.0. The molecule has 128 valence electrons. The highest BCUT2D eigenvalue weighted by Crippen LogP contribution is 2.23. The number of benzene rings is 1. The fourth-order valence-electron chi connectivity index (χ4n) is 1.84. The van der Waals surface area contributed by atoms with Crippen LogP contribution in [0.5, 0.6) is 0 Å². The number of hydrogen-bond acceptors (Lipinski definition) is 5. The Balaban J connectivity index is 1.94. The maximum atomic E-state index is 12.0. The predicted octanol–water partition coefficient (Wildman–Crippen LogP) is 4.43. The van der Waals surface area contributed by atoms with Crippen LogP contribution in [0.4, 0.5) is 15.6 Å². The summed E-state index contributed by atoms with van der Waals surface area (Å²) in [5.41, 5.74) is 0.784. The zero-order valence-corrected chi connectivity index (χ0v) is 16.0. The van der Waals surface area contributed by atoms with E-state index in [-0.39, 0.29) is 12.3 Å². The number of nitrogens with one attached hydrogen (secondary N) is 2. The zero-order chi connectivity index (χ0) is 17.7. The van der Waals surface area contributed by atoms with E-state index in [0.717, 1.165) is 9.35 Å². The highest BCUT2D eigenvalue weighted by molar-refractivity contribution is 9.11. The molecule has 0 radical (unpaired) electrons. The average Bonchev–Trinajstić information content (AvgIpc) is 2.81. The van der Waals surface area contributed by atoms with E-state index in [9.17, 15) is 9.59 Å². The highest BCUT2D eigenvalue weighted by atomic mass is 79.9. The second kappa shape index (κ2) is 7.76. The van der Waals surface area contributed by atoms with Gasteiger partial charge in [0.15, 0.2) is 5.13 Å². The third-order valence-corrected chi connectivity index (χ3v) is 4.05. The molecule has 0 bridgehead atoms. The number of carbonyl (C=O) groups excluding carboxylic acids is 2. The van der Waals surface area contributed by atoms with Crippen molar-refractivity contribution in [1.29, 1.82) is 0 Å². The predicted molar refractivity (Wildman–Crippen MR) is 98.4 cm³/mol. The van der Waals surface area contributed by atoms with Crippen molar-refractivity contribution < 1.29 is 14.3 Å². The molecule has 0 spiro atoms. The molecule has 0 aliphatic heterocycles. The standard InChI is InChI=1S/C16H18BrN3O3S/c1-16(2,3)23-15(22)19-11-6-4-5-10(7-11)8-13(21)20-14-18-9-12(17)24-14/h4-7,9H,8H2,1-3H3,(H,19,22)(H,18,20,21). The Morgan fingerprint density at radius 1 is 1.29 bits per heavy atom. The summed E-state index contributed by atoms with van der Waals surface area (Å²) in [5, 5.41) is 5.92. The largest absolute Gasteiger partial charge is 0.444 e. The van der Waals surface area contributed by atoms with Crippen molar-refractivity contribution in [2.75, 3.05) is 10.6 Å². The van der Waals surface area contributed by atoms with E-state index in [1.165, 1.54) is 11.3 Å². The number of carbonyl (C=O) groups is 2. The second-order valence-corrected chi connectivity index (χ2v) is 8.43. The van der Waals surface area contributed by atoms with Gasteiger partial charge in [-0.3, -0.25) is 10.1 Å². The van der Waals surface area contributed by atoms with E-state index in [4.69, 9.17) is 4.74 Å². The molecule has 0 saturated heterocycles. The fourth-order valence-corrected chi connectivity index (χ4v) is 2.96. The van der Waals surface area contributed by atoms with Crippen molar-refractivity contribution in [2.45, 2.75) is 32.8 Å². The van der Waals surface area contributed by atoms with Gasteiger partial charge in [-0.25, -0.2) is 9.78 Å². The van der Waals surface area contributed by atoms with Crippen LogP contribution in [0.2, 0.25) is 0 Å². The van der Waals surface area contributed by atoms with Crippen molar-refractivity contribution in [1.82, 2.24) is 4.98 Å². The molecule has 1 aromatic heterocycles. The molecule has 8 heteroatoms. The summed E-state index contributed by atoms with van der Waals surface area (Å²) < 4.78 is 6.05. The van der Waals surface area contributed by atoms with Gasteiger partial charge in [-0.15, -0.1) is 0 Å². The molecule has 1 aromatic carbocycles. The molecule has 0 atom stereocenters. The summed E-state index contributed by atoms with van der Waals surface area (Å²) in [6.45, 7) is 5.39. The van der Waals surface area contributed by atoms with Crippen LogP contribution >= 0.6 is 27.3 Å². The highest BCUT2D eigenvalue weighted by Gasteiger charge is 2.16. The van der Waals surface area contributed by atoms with E-state index in [1.807, 2.05) is 6.07 Å². The lowest BCUT2D eigenvalue weighted by atomic mass is 10.1. The lowest BCUT2D eigenvalue weighted by molar-refractivity contribution is -0.115. The van der Waals surface area contributed by atoms with Crippen LogP contribution in [0.1, 0.15) is 26.3 Å². The first kappa shape index (κ1) is 18.4. The smallest absolute Gasteiger partial charge is 0.412 e. The lowest BCUT2D eigenvalue weighted by Gasteiger charge is -2.19. The van der Waals surface area contributed by atoms with Crippen LogP contribution in [-0.2, 0) is 16.0 Å². The van der Waals surface area contributed by atoms with E-state index in [0.29, 0.717) is 10.8 Å². The maximum absolute atomic E-state index is 12.0. The summed E-state index contributed by atoms with van der Waals surface area (Å²) in [4.78, 5) is 27.9. The molecule has 2 N–H and O–H groups in total. The van der Waals surface area contributed by atoms with Gasteiger partial charge in [0.1, 0.15) is 5.60 Å². The SMILES string of the molecule is CC(C)(C)OC(=O)Nc1cccc(CC(=O)Nc2ncc(Br)s2)c1. The quantitative estimate of drug-likeness (QED) is 0.779. The van der Waals surface area contributed by atoms with Crippen molar-refractivity contribution in [3.05, 3.63) is 39.8 Å². The minimum atomic E-state index is -0.566. The van der Waals surface area contributed by atoms with Crippen molar-refractivity contribution in [2.24, 2.45) is 0 Å². The Labute approximate surface area is 152 Å². The number of anilines is 2. The van der Waals surface area contributed by atoms with Crippen LogP contribution in [0.25, 0.3) is 0 Å². The van der Waals surface area contributed by atoms with E-state index < -0.39 is 11.7 Å². The molecule has 24 heavy (non-hydrogen) atoms. The number of rotatable bonds is 4. The number of hydrogen-bond donors (Lipinski definition) is 2. The Morgan fingerprint density at radius 2 is 2.04 bits per heavy atom. The van der Waals surface area contributed by atoms with Crippen molar-refractivity contribution in [3.8, 4) is 0 Å². The monoisotopic (exact) mass is 411 g/mol. The van der Waals surface area contributed by atoms with Gasteiger partial charge in [-0.05, 0) is 54.4 Å². The Kier molecular flexibility index (Phi) is 5.95. The molecule has 0 aliphatic carbocycles. The van der Waals surface area contributed by atoms with Gasteiger partial charge in [-0.2, -0.15) is 0 Å². The van der Waals surface area contributed by atoms with Crippen LogP contribution < -0.4 is 10.6 Å². The van der Waals surface area contributed by atoms with Gasteiger partial charge in [0, 0.05) is 5.69 Å². The minimum Gasteiger partial charge on any atom is -0.444 e. The summed E-state index contributed by atoms with van der Waals surface area (Å²) in [7, 11) is 0. The van der Waals surface area contributed by atoms with Gasteiger partial charge >= 0.3 is 6.09 Å². The molecular weight excluding hydrogens is 394 g/mol. The summed E-state index contributed by atoms with van der Waals surface area (Å²) in [6.07, 6.45) is 1.28. The number of amides is 2. The van der Waals surface area contributed by atoms with Crippen molar-refractivity contribution >= 4 is 50.1 Å². The molecule has 0 saturated carbocycles. The number of ether oxygens (including phenoxy) is 1. The van der Waals surface area contributed by atoms with E-state index >= 15 is 0 Å². The van der Waals surface area contributed by atoms with Crippen LogP contribution in [0, 0.1) is 0 Å². The average molecular weight is 412 g/mol. The molecule has 0 fully saturated rings. The second-order valence-electron chi connectivity index (χ2n) is 6.02. The van der Waals surface area contributed by atoms with Gasteiger partial charge in [0.05, 0.1) is 16.4 Å². The van der Waals surface area contributed by atoms with E-state index in [2.05, 4.69) is 31.5 Å². The number of halogens is 1. The van der Waals surface area contributed by atoms with Crippen LogP contribution in [0.3, 0.4) is 0 Å². The zero-order valence-electron chi connectivity index (χ0n) is 13.6. The lowest BCUT2D eigenvalue weighted by Crippen LogP contribution is -2.27. The Hall–Kier alpha value is -1.93. The van der Waals surface area contributed by atoms with Gasteiger partial charge in [0.2, 0.25) is 5.91 Å². The van der Waals surface area contributed by atoms with Crippen LogP contribution in [-0.4, -0.2) is 22.6 Å². The fraction of sp³-hybridized carbons (Fsp3) is 0.312. The summed E-state index contributed by atoms with van der Waals surface area (Å²) >= 11 is 4.64. The van der Waals surface area contributed by atoms with Crippen molar-refractivity contribution in [3.63, 3.8) is 0 Å². The molecular formula is C16H18BrN3O3S. The molecule has 6 nitrogen and oxygen atoms in total. The first-order valence-electron chi connectivity index (χ1n) is 7.21. The van der Waals surface area contributed by atoms with Gasteiger partial charge in [0.25, 0.3) is 0 Å². The Morgan fingerprint density at radius 3 is 2.67 bits per heavy atom. The third kappa shape index (κ3) is 6.29. The number of thiazole rings is 1. The number of aromatic nitrogens is 1. The maximum Gasteiger partial charge on any atom is 0.412 e. The molecule has 2 amide bonds. The summed E-state index contributed by atoms with van der Waals surface area (Å²) in [6, 6.07) is 7.07.